The van der Waals surface area contributed by atoms with Crippen molar-refractivity contribution in [2.24, 2.45) is 0 Å². The monoisotopic (exact) mass is 426 g/mol. The topological polar surface area (TPSA) is 71.2 Å². The fourth-order valence-electron chi connectivity index (χ4n) is 3.82. The number of Topliss-reactive ketones (excluding diaryl/α,β-unsaturated/α-hetero) is 1. The summed E-state index contributed by atoms with van der Waals surface area (Å²) in [6, 6.07) is 9.65. The molecule has 1 aliphatic rings. The molecule has 158 valence electrons. The number of ether oxygens (including phenoxy) is 2. The van der Waals surface area contributed by atoms with E-state index in [1.54, 1.807) is 13.4 Å². The van der Waals surface area contributed by atoms with Crippen LogP contribution >= 0.6 is 11.8 Å². The van der Waals surface area contributed by atoms with Crippen molar-refractivity contribution in [3.8, 4) is 11.4 Å². The van der Waals surface area contributed by atoms with Crippen molar-refractivity contribution in [3.63, 3.8) is 0 Å². The standard InChI is InChI=1S/C22H26N4O3S/c1-15-10-20(16(2)25(15)12-19-8-5-9-29-19)21(27)13-30-22-24-23-14-26(22)17-6-4-7-18(11-17)28-3/h4,6-7,10-11,14,19H,5,8-9,12-13H2,1-3H3. The Kier molecular flexibility index (Phi) is 6.24. The first kappa shape index (κ1) is 20.7. The zero-order valence-corrected chi connectivity index (χ0v) is 18.3. The van der Waals surface area contributed by atoms with Crippen LogP contribution in [0.25, 0.3) is 5.69 Å². The summed E-state index contributed by atoms with van der Waals surface area (Å²) >= 11 is 1.39. The van der Waals surface area contributed by atoms with E-state index >= 15 is 0 Å². The maximum absolute atomic E-state index is 13.0. The molecule has 0 N–H and O–H groups in total. The van der Waals surface area contributed by atoms with Crippen LogP contribution in [0.2, 0.25) is 0 Å². The summed E-state index contributed by atoms with van der Waals surface area (Å²) in [6.45, 7) is 5.70. The van der Waals surface area contributed by atoms with Gasteiger partial charge in [0.25, 0.3) is 0 Å². The van der Waals surface area contributed by atoms with Crippen LogP contribution in [-0.2, 0) is 11.3 Å². The van der Waals surface area contributed by atoms with Gasteiger partial charge in [0.05, 0.1) is 24.7 Å². The molecule has 1 atom stereocenters. The first-order chi connectivity index (χ1) is 14.6. The van der Waals surface area contributed by atoms with E-state index in [4.69, 9.17) is 9.47 Å². The lowest BCUT2D eigenvalue weighted by Gasteiger charge is -2.14. The largest absolute Gasteiger partial charge is 0.497 e. The molecule has 1 fully saturated rings. The van der Waals surface area contributed by atoms with E-state index in [-0.39, 0.29) is 11.9 Å². The van der Waals surface area contributed by atoms with Crippen LogP contribution in [0.3, 0.4) is 0 Å². The summed E-state index contributed by atoms with van der Waals surface area (Å²) in [4.78, 5) is 13.0. The second-order valence-electron chi connectivity index (χ2n) is 7.43. The number of aryl methyl sites for hydroxylation is 1. The Morgan fingerprint density at radius 1 is 1.33 bits per heavy atom. The van der Waals surface area contributed by atoms with Gasteiger partial charge in [0, 0.05) is 36.2 Å². The molecule has 3 aromatic rings. The van der Waals surface area contributed by atoms with Crippen LogP contribution in [0.15, 0.2) is 41.8 Å². The van der Waals surface area contributed by atoms with Gasteiger partial charge in [0.2, 0.25) is 0 Å². The summed E-state index contributed by atoms with van der Waals surface area (Å²) in [5, 5.41) is 8.88. The third-order valence-electron chi connectivity index (χ3n) is 5.46. The molecule has 1 unspecified atom stereocenters. The van der Waals surface area contributed by atoms with Crippen molar-refractivity contribution < 1.29 is 14.3 Å². The van der Waals surface area contributed by atoms with Gasteiger partial charge in [-0.05, 0) is 44.9 Å². The van der Waals surface area contributed by atoms with E-state index in [0.29, 0.717) is 10.9 Å². The van der Waals surface area contributed by atoms with E-state index < -0.39 is 0 Å². The van der Waals surface area contributed by atoms with E-state index in [1.165, 1.54) is 11.8 Å². The molecule has 8 heteroatoms. The van der Waals surface area contributed by atoms with Gasteiger partial charge in [-0.1, -0.05) is 17.8 Å². The Morgan fingerprint density at radius 3 is 2.97 bits per heavy atom. The Bertz CT molecular complexity index is 1040. The van der Waals surface area contributed by atoms with Crippen molar-refractivity contribution in [3.05, 3.63) is 53.6 Å². The second kappa shape index (κ2) is 9.06. The third-order valence-corrected chi connectivity index (χ3v) is 6.41. The highest BCUT2D eigenvalue weighted by molar-refractivity contribution is 7.99. The molecule has 3 heterocycles. The molecule has 1 saturated heterocycles. The number of nitrogens with zero attached hydrogens (tertiary/aromatic N) is 4. The lowest BCUT2D eigenvalue weighted by molar-refractivity contribution is 0.0957. The maximum Gasteiger partial charge on any atom is 0.196 e. The van der Waals surface area contributed by atoms with E-state index in [0.717, 1.165) is 54.4 Å². The zero-order chi connectivity index (χ0) is 21.1. The summed E-state index contributed by atoms with van der Waals surface area (Å²) in [6.07, 6.45) is 4.08. The second-order valence-corrected chi connectivity index (χ2v) is 8.37. The summed E-state index contributed by atoms with van der Waals surface area (Å²) in [5.41, 5.74) is 3.76. The van der Waals surface area contributed by atoms with Crippen LogP contribution in [0.4, 0.5) is 0 Å². The third kappa shape index (κ3) is 4.29. The summed E-state index contributed by atoms with van der Waals surface area (Å²) < 4.78 is 15.1. The summed E-state index contributed by atoms with van der Waals surface area (Å²) in [7, 11) is 1.63. The number of rotatable bonds is 8. The lowest BCUT2D eigenvalue weighted by atomic mass is 10.2. The van der Waals surface area contributed by atoms with Crippen LogP contribution < -0.4 is 4.74 Å². The maximum atomic E-state index is 13.0. The smallest absolute Gasteiger partial charge is 0.196 e. The van der Waals surface area contributed by atoms with Crippen LogP contribution in [0, 0.1) is 13.8 Å². The first-order valence-corrected chi connectivity index (χ1v) is 11.0. The van der Waals surface area contributed by atoms with Gasteiger partial charge in [-0.15, -0.1) is 10.2 Å². The number of thioether (sulfide) groups is 1. The average Bonchev–Trinajstić information content (AvgIpc) is 3.50. The molecule has 1 aromatic carbocycles. The molecule has 4 rings (SSSR count). The van der Waals surface area contributed by atoms with Crippen molar-refractivity contribution in [1.29, 1.82) is 0 Å². The average molecular weight is 427 g/mol. The van der Waals surface area contributed by atoms with Crippen LogP contribution in [-0.4, -0.2) is 50.7 Å². The Hall–Kier alpha value is -2.58. The summed E-state index contributed by atoms with van der Waals surface area (Å²) in [5.74, 6) is 1.14. The fourth-order valence-corrected chi connectivity index (χ4v) is 4.64. The van der Waals surface area contributed by atoms with E-state index in [2.05, 4.69) is 14.8 Å². The van der Waals surface area contributed by atoms with Gasteiger partial charge >= 0.3 is 0 Å². The molecule has 0 aliphatic carbocycles. The number of carbonyl (C=O) groups is 1. The number of carbonyl (C=O) groups excluding carboxylic acids is 1. The molecule has 2 aromatic heterocycles. The molecule has 0 spiro atoms. The number of ketones is 1. The molecule has 0 amide bonds. The molecular weight excluding hydrogens is 400 g/mol. The molecule has 7 nitrogen and oxygen atoms in total. The molecule has 30 heavy (non-hydrogen) atoms. The lowest BCUT2D eigenvalue weighted by Crippen LogP contribution is -2.17. The minimum absolute atomic E-state index is 0.0897. The number of benzene rings is 1. The number of hydrogen-bond donors (Lipinski definition) is 0. The molecule has 0 radical (unpaired) electrons. The number of hydrogen-bond acceptors (Lipinski definition) is 6. The van der Waals surface area contributed by atoms with Crippen molar-refractivity contribution >= 4 is 17.5 Å². The minimum Gasteiger partial charge on any atom is -0.497 e. The Morgan fingerprint density at radius 2 is 2.20 bits per heavy atom. The van der Waals surface area contributed by atoms with Gasteiger partial charge < -0.3 is 14.0 Å². The predicted molar refractivity (Wildman–Crippen MR) is 116 cm³/mol. The first-order valence-electron chi connectivity index (χ1n) is 10.1. The number of methoxy groups -OCH3 is 1. The SMILES string of the molecule is COc1cccc(-n2cnnc2SCC(=O)c2cc(C)n(CC3CCCO3)c2C)c1. The molecule has 1 aliphatic heterocycles. The highest BCUT2D eigenvalue weighted by Crippen LogP contribution is 2.25. The van der Waals surface area contributed by atoms with Crippen molar-refractivity contribution in [2.75, 3.05) is 19.5 Å². The van der Waals surface area contributed by atoms with E-state index in [1.807, 2.05) is 48.7 Å². The highest BCUT2D eigenvalue weighted by atomic mass is 32.2. The van der Waals surface area contributed by atoms with Gasteiger partial charge in [0.15, 0.2) is 10.9 Å². The van der Waals surface area contributed by atoms with E-state index in [9.17, 15) is 4.79 Å². The van der Waals surface area contributed by atoms with Gasteiger partial charge in [-0.3, -0.25) is 9.36 Å². The normalized spacial score (nSPS) is 16.2. The fraction of sp³-hybridized carbons (Fsp3) is 0.409. The molecule has 0 saturated carbocycles. The van der Waals surface area contributed by atoms with Gasteiger partial charge in [-0.25, -0.2) is 0 Å². The quantitative estimate of drug-likeness (QED) is 0.403. The van der Waals surface area contributed by atoms with Crippen molar-refractivity contribution in [2.45, 2.75) is 44.5 Å². The van der Waals surface area contributed by atoms with Gasteiger partial charge in [0.1, 0.15) is 12.1 Å². The number of aromatic nitrogens is 4. The molecular formula is C22H26N4O3S. The van der Waals surface area contributed by atoms with Crippen molar-refractivity contribution in [1.82, 2.24) is 19.3 Å². The van der Waals surface area contributed by atoms with Crippen LogP contribution in [0.1, 0.15) is 34.6 Å². The Balaban J connectivity index is 1.46. The highest BCUT2D eigenvalue weighted by Gasteiger charge is 2.21. The molecule has 0 bridgehead atoms. The van der Waals surface area contributed by atoms with Gasteiger partial charge in [-0.2, -0.15) is 0 Å². The minimum atomic E-state index is 0.0897. The zero-order valence-electron chi connectivity index (χ0n) is 17.5. The van der Waals surface area contributed by atoms with Crippen LogP contribution in [0.5, 0.6) is 5.75 Å². The Labute approximate surface area is 180 Å². The predicted octanol–water partition coefficient (Wildman–Crippen LogP) is 3.85.